The van der Waals surface area contributed by atoms with Crippen LogP contribution in [0.2, 0.25) is 10.0 Å². The highest BCUT2D eigenvalue weighted by Crippen LogP contribution is 2.22. The van der Waals surface area contributed by atoms with E-state index in [0.29, 0.717) is 27.6 Å². The predicted octanol–water partition coefficient (Wildman–Crippen LogP) is 6.17. The van der Waals surface area contributed by atoms with E-state index in [1.165, 1.54) is 5.56 Å². The fraction of sp³-hybridized carbons (Fsp3) is 0.200. The van der Waals surface area contributed by atoms with Crippen LogP contribution in [0.15, 0.2) is 54.9 Å². The number of anilines is 2. The lowest BCUT2D eigenvalue weighted by molar-refractivity contribution is 0.687. The summed E-state index contributed by atoms with van der Waals surface area (Å²) in [4.78, 5) is 0. The minimum atomic E-state index is 0.504. The number of aromatic nitrogens is 2. The molecule has 27 heavy (non-hydrogen) atoms. The molecule has 0 bridgehead atoms. The second-order valence-corrected chi connectivity index (χ2v) is 7.77. The highest BCUT2D eigenvalue weighted by atomic mass is 35.5. The average molecular weight is 419 g/mol. The fourth-order valence-corrected chi connectivity index (χ4v) is 3.29. The molecular formula is C20H20Cl2N4S. The highest BCUT2D eigenvalue weighted by molar-refractivity contribution is 7.80. The first kappa shape index (κ1) is 19.7. The normalized spacial score (nSPS) is 10.9. The number of rotatable bonds is 5. The molecule has 0 fully saturated rings. The molecule has 2 N–H and O–H groups in total. The van der Waals surface area contributed by atoms with Crippen LogP contribution in [0, 0.1) is 0 Å². The van der Waals surface area contributed by atoms with Gasteiger partial charge in [-0.15, -0.1) is 0 Å². The zero-order valence-electron chi connectivity index (χ0n) is 15.0. The van der Waals surface area contributed by atoms with Gasteiger partial charge in [-0.2, -0.15) is 5.10 Å². The van der Waals surface area contributed by atoms with E-state index < -0.39 is 0 Å². The van der Waals surface area contributed by atoms with E-state index in [2.05, 4.69) is 41.7 Å². The number of nitrogens with one attached hydrogen (secondary N) is 2. The average Bonchev–Trinajstić information content (AvgIpc) is 3.04. The Hall–Kier alpha value is -2.08. The van der Waals surface area contributed by atoms with Crippen LogP contribution in [-0.4, -0.2) is 14.9 Å². The quantitative estimate of drug-likeness (QED) is 0.486. The Morgan fingerprint density at radius 3 is 2.44 bits per heavy atom. The number of thiocarbonyl (C=S) groups is 1. The van der Waals surface area contributed by atoms with E-state index in [1.807, 2.05) is 30.5 Å². The summed E-state index contributed by atoms with van der Waals surface area (Å²) in [7, 11) is 0. The minimum absolute atomic E-state index is 0.504. The van der Waals surface area contributed by atoms with Crippen LogP contribution in [0.5, 0.6) is 0 Å². The molecule has 1 heterocycles. The van der Waals surface area contributed by atoms with Gasteiger partial charge in [0.25, 0.3) is 0 Å². The molecule has 140 valence electrons. The first-order chi connectivity index (χ1) is 12.9. The van der Waals surface area contributed by atoms with Crippen LogP contribution in [0.4, 0.5) is 11.4 Å². The third-order valence-corrected chi connectivity index (χ3v) is 4.86. The summed E-state index contributed by atoms with van der Waals surface area (Å²) in [5, 5.41) is 12.4. The Morgan fingerprint density at radius 2 is 1.78 bits per heavy atom. The molecule has 0 aliphatic heterocycles. The van der Waals surface area contributed by atoms with Gasteiger partial charge < -0.3 is 10.6 Å². The third kappa shape index (κ3) is 5.45. The van der Waals surface area contributed by atoms with Crippen molar-refractivity contribution >= 4 is 51.9 Å². The minimum Gasteiger partial charge on any atom is -0.332 e. The number of hydrogen-bond donors (Lipinski definition) is 2. The van der Waals surface area contributed by atoms with Crippen molar-refractivity contribution in [1.29, 1.82) is 0 Å². The molecule has 3 rings (SSSR count). The second kappa shape index (κ2) is 8.74. The Bertz CT molecular complexity index is 935. The summed E-state index contributed by atoms with van der Waals surface area (Å²) in [6.45, 7) is 4.89. The van der Waals surface area contributed by atoms with Gasteiger partial charge in [-0.25, -0.2) is 0 Å². The lowest BCUT2D eigenvalue weighted by atomic mass is 10.0. The van der Waals surface area contributed by atoms with E-state index in [1.54, 1.807) is 16.9 Å². The van der Waals surface area contributed by atoms with E-state index in [0.717, 1.165) is 16.9 Å². The zero-order chi connectivity index (χ0) is 19.4. The second-order valence-electron chi connectivity index (χ2n) is 6.52. The molecule has 3 aromatic rings. The fourth-order valence-electron chi connectivity index (χ4n) is 2.58. The van der Waals surface area contributed by atoms with Crippen LogP contribution in [0.25, 0.3) is 0 Å². The summed E-state index contributed by atoms with van der Waals surface area (Å²) < 4.78 is 1.79. The van der Waals surface area contributed by atoms with Crippen LogP contribution in [-0.2, 0) is 6.54 Å². The molecule has 0 spiro atoms. The molecule has 0 atom stereocenters. The molecule has 0 aliphatic rings. The maximum Gasteiger partial charge on any atom is 0.175 e. The summed E-state index contributed by atoms with van der Waals surface area (Å²) >= 11 is 17.5. The SMILES string of the molecule is CC(C)c1ccc(NC(=S)Nc2cnn(Cc3ccc(Cl)cc3Cl)c2)cc1. The van der Waals surface area contributed by atoms with E-state index in [9.17, 15) is 0 Å². The highest BCUT2D eigenvalue weighted by Gasteiger charge is 2.06. The van der Waals surface area contributed by atoms with Gasteiger partial charge in [-0.3, -0.25) is 4.68 Å². The van der Waals surface area contributed by atoms with Crippen molar-refractivity contribution in [3.63, 3.8) is 0 Å². The van der Waals surface area contributed by atoms with Gasteiger partial charge in [0.1, 0.15) is 0 Å². The van der Waals surface area contributed by atoms with Gasteiger partial charge in [0, 0.05) is 21.9 Å². The van der Waals surface area contributed by atoms with Crippen molar-refractivity contribution in [2.45, 2.75) is 26.3 Å². The van der Waals surface area contributed by atoms with Crippen molar-refractivity contribution in [3.8, 4) is 0 Å². The molecule has 0 aliphatic carbocycles. The number of hydrogen-bond acceptors (Lipinski definition) is 2. The van der Waals surface area contributed by atoms with Gasteiger partial charge >= 0.3 is 0 Å². The summed E-state index contributed by atoms with van der Waals surface area (Å²) in [6, 6.07) is 13.7. The van der Waals surface area contributed by atoms with E-state index in [-0.39, 0.29) is 0 Å². The molecule has 0 radical (unpaired) electrons. The molecule has 0 saturated heterocycles. The van der Waals surface area contributed by atoms with Crippen LogP contribution >= 0.6 is 35.4 Å². The monoisotopic (exact) mass is 418 g/mol. The Kier molecular flexibility index (Phi) is 6.37. The van der Waals surface area contributed by atoms with Crippen LogP contribution in [0.3, 0.4) is 0 Å². The molecule has 4 nitrogen and oxygen atoms in total. The number of benzene rings is 2. The Labute approximate surface area is 174 Å². The van der Waals surface area contributed by atoms with Gasteiger partial charge in [0.05, 0.1) is 18.4 Å². The lowest BCUT2D eigenvalue weighted by Crippen LogP contribution is -2.18. The smallest absolute Gasteiger partial charge is 0.175 e. The largest absolute Gasteiger partial charge is 0.332 e. The van der Waals surface area contributed by atoms with Gasteiger partial charge in [0.15, 0.2) is 5.11 Å². The summed E-state index contributed by atoms with van der Waals surface area (Å²) in [5.41, 5.74) is 3.98. The molecule has 7 heteroatoms. The van der Waals surface area contributed by atoms with Crippen molar-refractivity contribution in [1.82, 2.24) is 9.78 Å². The standard InChI is InChI=1S/C20H20Cl2N4S/c1-13(2)14-4-7-17(8-5-14)24-20(27)25-18-10-23-26(12-18)11-15-3-6-16(21)9-19(15)22/h3-10,12-13H,11H2,1-2H3,(H2,24,25,27). The molecule has 1 aromatic heterocycles. The van der Waals surface area contributed by atoms with Crippen molar-refractivity contribution in [2.75, 3.05) is 10.6 Å². The van der Waals surface area contributed by atoms with Crippen molar-refractivity contribution < 1.29 is 0 Å². The first-order valence-electron chi connectivity index (χ1n) is 8.55. The summed E-state index contributed by atoms with van der Waals surface area (Å²) in [6.07, 6.45) is 3.60. The zero-order valence-corrected chi connectivity index (χ0v) is 17.4. The van der Waals surface area contributed by atoms with Gasteiger partial charge in [-0.1, -0.05) is 55.2 Å². The van der Waals surface area contributed by atoms with Crippen LogP contribution < -0.4 is 10.6 Å². The maximum absolute atomic E-state index is 6.22. The molecule has 0 unspecified atom stereocenters. The molecule has 0 saturated carbocycles. The molecular weight excluding hydrogens is 399 g/mol. The Morgan fingerprint density at radius 1 is 1.07 bits per heavy atom. The van der Waals surface area contributed by atoms with Gasteiger partial charge in [-0.05, 0) is 53.5 Å². The van der Waals surface area contributed by atoms with E-state index in [4.69, 9.17) is 35.4 Å². The predicted molar refractivity (Wildman–Crippen MR) is 118 cm³/mol. The Balaban J connectivity index is 1.59. The van der Waals surface area contributed by atoms with E-state index >= 15 is 0 Å². The third-order valence-electron chi connectivity index (χ3n) is 4.07. The lowest BCUT2D eigenvalue weighted by Gasteiger charge is -2.11. The number of halogens is 2. The molecule has 2 aromatic carbocycles. The number of nitrogens with zero attached hydrogens (tertiary/aromatic N) is 2. The molecule has 0 amide bonds. The summed E-state index contributed by atoms with van der Waals surface area (Å²) in [5.74, 6) is 0.504. The maximum atomic E-state index is 6.22. The van der Waals surface area contributed by atoms with Crippen LogP contribution in [0.1, 0.15) is 30.9 Å². The van der Waals surface area contributed by atoms with Crippen molar-refractivity contribution in [3.05, 3.63) is 76.0 Å². The topological polar surface area (TPSA) is 41.9 Å². The first-order valence-corrected chi connectivity index (χ1v) is 9.71. The van der Waals surface area contributed by atoms with Crippen molar-refractivity contribution in [2.24, 2.45) is 0 Å². The van der Waals surface area contributed by atoms with Gasteiger partial charge in [0.2, 0.25) is 0 Å².